The van der Waals surface area contributed by atoms with E-state index in [9.17, 15) is 9.59 Å². The molecule has 0 radical (unpaired) electrons. The van der Waals surface area contributed by atoms with Crippen molar-refractivity contribution in [3.63, 3.8) is 0 Å². The number of amides is 2. The minimum atomic E-state index is 0. The molecule has 2 unspecified atom stereocenters. The Morgan fingerprint density at radius 3 is 2.15 bits per heavy atom. The molecule has 4 atom stereocenters. The van der Waals surface area contributed by atoms with Crippen molar-refractivity contribution in [3.05, 3.63) is 0 Å². The number of piperidine rings is 2. The first-order valence-electron chi connectivity index (χ1n) is 10.4. The number of likely N-dealkylation sites (tertiary alicyclic amines) is 1. The van der Waals surface area contributed by atoms with E-state index in [4.69, 9.17) is 0 Å². The van der Waals surface area contributed by atoms with Crippen molar-refractivity contribution in [2.45, 2.75) is 46.1 Å². The summed E-state index contributed by atoms with van der Waals surface area (Å²) in [4.78, 5) is 31.7. The van der Waals surface area contributed by atoms with Gasteiger partial charge in [-0.3, -0.25) is 14.5 Å². The van der Waals surface area contributed by atoms with E-state index >= 15 is 0 Å². The zero-order chi connectivity index (χ0) is 18.7. The van der Waals surface area contributed by atoms with Crippen LogP contribution in [0.15, 0.2) is 0 Å². The molecular weight excluding hydrogens is 364 g/mol. The molecule has 3 heterocycles. The maximum absolute atomic E-state index is 12.8. The number of hydrogen-bond donors (Lipinski definition) is 1. The fourth-order valence-corrected chi connectivity index (χ4v) is 4.90. The Labute approximate surface area is 170 Å². The first-order valence-corrected chi connectivity index (χ1v) is 10.4. The van der Waals surface area contributed by atoms with E-state index in [-0.39, 0.29) is 24.2 Å². The molecule has 3 fully saturated rings. The van der Waals surface area contributed by atoms with Crippen molar-refractivity contribution in [1.82, 2.24) is 20.0 Å². The molecule has 0 aromatic heterocycles. The summed E-state index contributed by atoms with van der Waals surface area (Å²) >= 11 is 0. The summed E-state index contributed by atoms with van der Waals surface area (Å²) in [6.45, 7) is 13.0. The van der Waals surface area contributed by atoms with Crippen LogP contribution in [0.2, 0.25) is 0 Å². The molecule has 6 nitrogen and oxygen atoms in total. The Morgan fingerprint density at radius 2 is 1.56 bits per heavy atom. The summed E-state index contributed by atoms with van der Waals surface area (Å²) < 4.78 is 0. The zero-order valence-corrected chi connectivity index (χ0v) is 18.0. The predicted octanol–water partition coefficient (Wildman–Crippen LogP) is 1.45. The SMILES string of the molecule is CC1CC(C)CN(C(=O)CN2CCN(C(=O)[C@H]3CCN[C@@H](C)C3)CC2)C1.Cl. The molecule has 0 saturated carbocycles. The Hall–Kier alpha value is -0.850. The number of nitrogens with one attached hydrogen (secondary N) is 1. The number of nitrogens with zero attached hydrogens (tertiary/aromatic N) is 3. The van der Waals surface area contributed by atoms with Gasteiger partial charge in [0.05, 0.1) is 6.54 Å². The van der Waals surface area contributed by atoms with Crippen molar-refractivity contribution < 1.29 is 9.59 Å². The lowest BCUT2D eigenvalue weighted by Gasteiger charge is -2.39. The molecule has 0 spiro atoms. The van der Waals surface area contributed by atoms with Crippen LogP contribution in [0.4, 0.5) is 0 Å². The van der Waals surface area contributed by atoms with Gasteiger partial charge in [0.1, 0.15) is 0 Å². The normalized spacial score (nSPS) is 32.7. The van der Waals surface area contributed by atoms with Gasteiger partial charge in [0.2, 0.25) is 11.8 Å². The summed E-state index contributed by atoms with van der Waals surface area (Å²) in [6.07, 6.45) is 3.12. The van der Waals surface area contributed by atoms with Gasteiger partial charge in [-0.15, -0.1) is 12.4 Å². The molecule has 27 heavy (non-hydrogen) atoms. The third-order valence-corrected chi connectivity index (χ3v) is 6.24. The van der Waals surface area contributed by atoms with Crippen molar-refractivity contribution in [3.8, 4) is 0 Å². The van der Waals surface area contributed by atoms with Crippen molar-refractivity contribution in [1.29, 1.82) is 0 Å². The van der Waals surface area contributed by atoms with E-state index in [1.165, 1.54) is 6.42 Å². The van der Waals surface area contributed by atoms with Gasteiger partial charge in [0.15, 0.2) is 0 Å². The molecule has 0 aromatic carbocycles. The number of piperazine rings is 1. The first kappa shape index (κ1) is 22.4. The van der Waals surface area contributed by atoms with Crippen LogP contribution < -0.4 is 5.32 Å². The van der Waals surface area contributed by atoms with Gasteiger partial charge in [-0.1, -0.05) is 13.8 Å². The number of carbonyl (C=O) groups is 2. The van der Waals surface area contributed by atoms with Crippen molar-refractivity contribution in [2.75, 3.05) is 52.4 Å². The lowest BCUT2D eigenvalue weighted by molar-refractivity contribution is -0.139. The van der Waals surface area contributed by atoms with Gasteiger partial charge in [0, 0.05) is 51.2 Å². The van der Waals surface area contributed by atoms with Crippen LogP contribution in [0.1, 0.15) is 40.0 Å². The molecule has 3 saturated heterocycles. The zero-order valence-electron chi connectivity index (χ0n) is 17.2. The Kier molecular flexibility index (Phi) is 8.38. The largest absolute Gasteiger partial charge is 0.341 e. The van der Waals surface area contributed by atoms with Gasteiger partial charge >= 0.3 is 0 Å². The highest BCUT2D eigenvalue weighted by Crippen LogP contribution is 2.22. The second-order valence-corrected chi connectivity index (χ2v) is 8.92. The smallest absolute Gasteiger partial charge is 0.236 e. The van der Waals surface area contributed by atoms with Gasteiger partial charge in [0.25, 0.3) is 0 Å². The third kappa shape index (κ3) is 6.06. The number of hydrogen-bond acceptors (Lipinski definition) is 4. The highest BCUT2D eigenvalue weighted by molar-refractivity contribution is 5.85. The van der Waals surface area contributed by atoms with Crippen LogP contribution in [0.25, 0.3) is 0 Å². The average Bonchev–Trinajstić information content (AvgIpc) is 2.61. The number of rotatable bonds is 3. The summed E-state index contributed by atoms with van der Waals surface area (Å²) in [5, 5.41) is 3.41. The van der Waals surface area contributed by atoms with Crippen molar-refractivity contribution in [2.24, 2.45) is 17.8 Å². The van der Waals surface area contributed by atoms with Crippen LogP contribution in [-0.2, 0) is 9.59 Å². The maximum atomic E-state index is 12.8. The molecule has 1 N–H and O–H groups in total. The first-order chi connectivity index (χ1) is 12.4. The Morgan fingerprint density at radius 1 is 0.926 bits per heavy atom. The highest BCUT2D eigenvalue weighted by atomic mass is 35.5. The minimum Gasteiger partial charge on any atom is -0.341 e. The molecule has 0 aromatic rings. The quantitative estimate of drug-likeness (QED) is 0.778. The van der Waals surface area contributed by atoms with E-state index in [1.807, 2.05) is 9.80 Å². The minimum absolute atomic E-state index is 0. The molecule has 0 aliphatic carbocycles. The monoisotopic (exact) mass is 400 g/mol. The van der Waals surface area contributed by atoms with E-state index in [1.54, 1.807) is 0 Å². The van der Waals surface area contributed by atoms with Gasteiger partial charge in [-0.2, -0.15) is 0 Å². The topological polar surface area (TPSA) is 55.9 Å². The van der Waals surface area contributed by atoms with Gasteiger partial charge in [-0.25, -0.2) is 0 Å². The van der Waals surface area contributed by atoms with Crippen LogP contribution >= 0.6 is 12.4 Å². The van der Waals surface area contributed by atoms with E-state index in [0.29, 0.717) is 30.3 Å². The summed E-state index contributed by atoms with van der Waals surface area (Å²) in [7, 11) is 0. The van der Waals surface area contributed by atoms with Crippen LogP contribution in [0.5, 0.6) is 0 Å². The second-order valence-electron chi connectivity index (χ2n) is 8.92. The van der Waals surface area contributed by atoms with Crippen LogP contribution in [-0.4, -0.2) is 84.9 Å². The molecule has 0 bridgehead atoms. The fourth-order valence-electron chi connectivity index (χ4n) is 4.90. The van der Waals surface area contributed by atoms with E-state index < -0.39 is 0 Å². The number of carbonyl (C=O) groups excluding carboxylic acids is 2. The van der Waals surface area contributed by atoms with Crippen LogP contribution in [0.3, 0.4) is 0 Å². The lowest BCUT2D eigenvalue weighted by atomic mass is 9.91. The third-order valence-electron chi connectivity index (χ3n) is 6.24. The Bertz CT molecular complexity index is 500. The van der Waals surface area contributed by atoms with E-state index in [0.717, 1.165) is 58.7 Å². The standard InChI is InChI=1S/C20H36N4O2.ClH/c1-15-10-16(2)13-24(12-15)19(25)14-22-6-8-23(9-7-22)20(26)18-4-5-21-17(3)11-18;/h15-18,21H,4-14H2,1-3H3;1H/t15?,16?,17-,18-;/m0./s1. The van der Waals surface area contributed by atoms with E-state index in [2.05, 4.69) is 31.0 Å². The average molecular weight is 401 g/mol. The summed E-state index contributed by atoms with van der Waals surface area (Å²) in [5.41, 5.74) is 0. The number of halogens is 1. The molecule has 156 valence electrons. The van der Waals surface area contributed by atoms with Gasteiger partial charge < -0.3 is 15.1 Å². The fraction of sp³-hybridized carbons (Fsp3) is 0.900. The molecule has 7 heteroatoms. The molecule has 2 amide bonds. The maximum Gasteiger partial charge on any atom is 0.236 e. The molecule has 3 aliphatic rings. The summed E-state index contributed by atoms with van der Waals surface area (Å²) in [5.74, 6) is 1.96. The second kappa shape index (κ2) is 10.1. The lowest BCUT2D eigenvalue weighted by Crippen LogP contribution is -2.54. The van der Waals surface area contributed by atoms with Gasteiger partial charge in [-0.05, 0) is 44.6 Å². The predicted molar refractivity (Wildman–Crippen MR) is 110 cm³/mol. The van der Waals surface area contributed by atoms with Crippen LogP contribution in [0, 0.1) is 17.8 Å². The Balaban J connectivity index is 0.00000261. The molecule has 3 rings (SSSR count). The highest BCUT2D eigenvalue weighted by Gasteiger charge is 2.32. The summed E-state index contributed by atoms with van der Waals surface area (Å²) in [6, 6.07) is 0.436. The molecular formula is C20H37ClN4O2. The molecule has 3 aliphatic heterocycles. The van der Waals surface area contributed by atoms with Crippen molar-refractivity contribution >= 4 is 24.2 Å².